The van der Waals surface area contributed by atoms with Crippen molar-refractivity contribution in [3.63, 3.8) is 0 Å². The third kappa shape index (κ3) is 1.76. The van der Waals surface area contributed by atoms with Crippen LogP contribution < -0.4 is 5.32 Å². The molecule has 0 radical (unpaired) electrons. The summed E-state index contributed by atoms with van der Waals surface area (Å²) < 4.78 is 13.8. The summed E-state index contributed by atoms with van der Waals surface area (Å²) in [6, 6.07) is 0. The molecule has 0 saturated carbocycles. The summed E-state index contributed by atoms with van der Waals surface area (Å²) in [5, 5.41) is 2.25. The van der Waals surface area contributed by atoms with Crippen LogP contribution in [0.1, 0.15) is 6.42 Å². The summed E-state index contributed by atoms with van der Waals surface area (Å²) in [6.45, 7) is 3.38. The van der Waals surface area contributed by atoms with Crippen molar-refractivity contribution in [2.75, 3.05) is 20.1 Å². The van der Waals surface area contributed by atoms with Crippen LogP contribution >= 0.6 is 0 Å². The Kier molecular flexibility index (Phi) is 2.88. The lowest BCUT2D eigenvalue weighted by molar-refractivity contribution is -0.132. The number of carbonyl (C=O) groups excluding carboxylic acids is 2. The number of rotatable bonds is 2. The molecule has 78 valence electrons. The molecule has 4 nitrogen and oxygen atoms in total. The number of amides is 2. The number of likely N-dealkylation sites (tertiary alicyclic amines) is 1. The Labute approximate surface area is 81.8 Å². The predicted molar refractivity (Wildman–Crippen MR) is 49.3 cm³/mol. The van der Waals surface area contributed by atoms with Gasteiger partial charge in [-0.1, -0.05) is 6.58 Å². The lowest BCUT2D eigenvalue weighted by Gasteiger charge is -2.18. The molecule has 1 rings (SSSR count). The highest BCUT2D eigenvalue weighted by Crippen LogP contribution is 2.25. The number of hydrogen-bond donors (Lipinski definition) is 1. The largest absolute Gasteiger partial charge is 0.356 e. The van der Waals surface area contributed by atoms with Crippen molar-refractivity contribution >= 4 is 11.8 Å². The number of nitrogens with zero attached hydrogens (tertiary/aromatic N) is 1. The molecular weight excluding hydrogens is 187 g/mol. The van der Waals surface area contributed by atoms with E-state index >= 15 is 0 Å². The van der Waals surface area contributed by atoms with Gasteiger partial charge < -0.3 is 10.2 Å². The number of halogens is 1. The molecule has 1 saturated heterocycles. The Balaban J connectivity index is 2.68. The van der Waals surface area contributed by atoms with Crippen molar-refractivity contribution in [1.29, 1.82) is 0 Å². The first kappa shape index (κ1) is 10.7. The fourth-order valence-electron chi connectivity index (χ4n) is 1.50. The molecular formula is C9H13FN2O2. The number of nitrogens with one attached hydrogen (secondary N) is 1. The van der Waals surface area contributed by atoms with Gasteiger partial charge in [-0.05, 0) is 6.08 Å². The van der Waals surface area contributed by atoms with Gasteiger partial charge in [0, 0.05) is 20.0 Å². The molecule has 0 bridgehead atoms. The van der Waals surface area contributed by atoms with Crippen molar-refractivity contribution in [2.45, 2.75) is 12.1 Å². The summed E-state index contributed by atoms with van der Waals surface area (Å²) in [4.78, 5) is 23.5. The van der Waals surface area contributed by atoms with Gasteiger partial charge in [0.25, 0.3) is 5.91 Å². The fourth-order valence-corrected chi connectivity index (χ4v) is 1.50. The zero-order chi connectivity index (χ0) is 10.8. The maximum absolute atomic E-state index is 13.8. The van der Waals surface area contributed by atoms with Crippen LogP contribution in [0.25, 0.3) is 0 Å². The Morgan fingerprint density at radius 1 is 1.64 bits per heavy atom. The smallest absolute Gasteiger partial charge is 0.259 e. The molecule has 0 aliphatic carbocycles. The van der Waals surface area contributed by atoms with Crippen molar-refractivity contribution in [2.24, 2.45) is 0 Å². The molecule has 1 unspecified atom stereocenters. The van der Waals surface area contributed by atoms with Crippen LogP contribution in [-0.2, 0) is 9.59 Å². The van der Waals surface area contributed by atoms with Crippen molar-refractivity contribution in [1.82, 2.24) is 10.2 Å². The van der Waals surface area contributed by atoms with Gasteiger partial charge in [-0.15, -0.1) is 0 Å². The van der Waals surface area contributed by atoms with Gasteiger partial charge in [-0.25, -0.2) is 4.39 Å². The average Bonchev–Trinajstić information content (AvgIpc) is 2.60. The number of alkyl halides is 1. The van der Waals surface area contributed by atoms with E-state index in [1.807, 2.05) is 0 Å². The third-order valence-electron chi connectivity index (χ3n) is 2.34. The molecule has 1 N–H and O–H groups in total. The molecule has 5 heteroatoms. The standard InChI is InChI=1S/C9H13FN2O2/c1-3-7(13)12-5-4-9(10,6-12)8(14)11-2/h3H,1,4-6H2,2H3,(H,11,14). The second-order valence-corrected chi connectivity index (χ2v) is 3.26. The van der Waals surface area contributed by atoms with E-state index in [9.17, 15) is 14.0 Å². The van der Waals surface area contributed by atoms with Gasteiger partial charge in [-0.2, -0.15) is 0 Å². The van der Waals surface area contributed by atoms with Crippen LogP contribution in [0.5, 0.6) is 0 Å². The van der Waals surface area contributed by atoms with Crippen LogP contribution in [0, 0.1) is 0 Å². The van der Waals surface area contributed by atoms with Crippen LogP contribution in [-0.4, -0.2) is 42.5 Å². The molecule has 0 aromatic carbocycles. The van der Waals surface area contributed by atoms with Crippen LogP contribution in [0.3, 0.4) is 0 Å². The summed E-state index contributed by atoms with van der Waals surface area (Å²) in [5.41, 5.74) is -1.94. The van der Waals surface area contributed by atoms with E-state index in [4.69, 9.17) is 0 Å². The molecule has 2 amide bonds. The maximum atomic E-state index is 13.8. The van der Waals surface area contributed by atoms with Gasteiger partial charge in [0.15, 0.2) is 0 Å². The summed E-state index contributed by atoms with van der Waals surface area (Å²) in [5.74, 6) is -1.01. The summed E-state index contributed by atoms with van der Waals surface area (Å²) >= 11 is 0. The summed E-state index contributed by atoms with van der Waals surface area (Å²) in [6.07, 6.45) is 1.17. The van der Waals surface area contributed by atoms with E-state index in [-0.39, 0.29) is 25.4 Å². The normalized spacial score (nSPS) is 26.0. The van der Waals surface area contributed by atoms with E-state index in [1.54, 1.807) is 0 Å². The van der Waals surface area contributed by atoms with Gasteiger partial charge in [0.05, 0.1) is 6.54 Å². The predicted octanol–water partition coefficient (Wildman–Crippen LogP) is -0.141. The summed E-state index contributed by atoms with van der Waals surface area (Å²) in [7, 11) is 1.38. The molecule has 0 aromatic rings. The lowest BCUT2D eigenvalue weighted by Crippen LogP contribution is -2.44. The fraction of sp³-hybridized carbons (Fsp3) is 0.556. The van der Waals surface area contributed by atoms with E-state index in [0.717, 1.165) is 6.08 Å². The van der Waals surface area contributed by atoms with Crippen LogP contribution in [0.2, 0.25) is 0 Å². The topological polar surface area (TPSA) is 49.4 Å². The third-order valence-corrected chi connectivity index (χ3v) is 2.34. The first-order valence-electron chi connectivity index (χ1n) is 4.36. The molecule has 1 heterocycles. The minimum absolute atomic E-state index is 0.0479. The monoisotopic (exact) mass is 200 g/mol. The molecule has 0 spiro atoms. The zero-order valence-corrected chi connectivity index (χ0v) is 8.05. The minimum Gasteiger partial charge on any atom is -0.356 e. The van der Waals surface area contributed by atoms with Gasteiger partial charge >= 0.3 is 0 Å². The Morgan fingerprint density at radius 3 is 2.79 bits per heavy atom. The quantitative estimate of drug-likeness (QED) is 0.631. The maximum Gasteiger partial charge on any atom is 0.259 e. The average molecular weight is 200 g/mol. The van der Waals surface area contributed by atoms with Gasteiger partial charge in [0.2, 0.25) is 11.6 Å². The highest BCUT2D eigenvalue weighted by Gasteiger charge is 2.45. The highest BCUT2D eigenvalue weighted by molar-refractivity contribution is 5.90. The van der Waals surface area contributed by atoms with E-state index in [0.29, 0.717) is 0 Å². The minimum atomic E-state index is -1.94. The van der Waals surface area contributed by atoms with Gasteiger partial charge in [0.1, 0.15) is 0 Å². The van der Waals surface area contributed by atoms with Crippen molar-refractivity contribution in [3.8, 4) is 0 Å². The lowest BCUT2D eigenvalue weighted by atomic mass is 10.1. The van der Waals surface area contributed by atoms with Crippen LogP contribution in [0.4, 0.5) is 4.39 Å². The molecule has 14 heavy (non-hydrogen) atoms. The highest BCUT2D eigenvalue weighted by atomic mass is 19.1. The van der Waals surface area contributed by atoms with Gasteiger partial charge in [-0.3, -0.25) is 9.59 Å². The number of hydrogen-bond acceptors (Lipinski definition) is 2. The Hall–Kier alpha value is -1.39. The molecule has 1 aliphatic rings. The van der Waals surface area contributed by atoms with Crippen LogP contribution in [0.15, 0.2) is 12.7 Å². The van der Waals surface area contributed by atoms with Crippen molar-refractivity contribution in [3.05, 3.63) is 12.7 Å². The van der Waals surface area contributed by atoms with E-state index in [1.165, 1.54) is 11.9 Å². The Bertz CT molecular complexity index is 280. The molecule has 1 aliphatic heterocycles. The molecule has 1 fully saturated rings. The molecule has 1 atom stereocenters. The van der Waals surface area contributed by atoms with E-state index < -0.39 is 11.6 Å². The molecule has 0 aromatic heterocycles. The SMILES string of the molecule is C=CC(=O)N1CCC(F)(C(=O)NC)C1. The first-order chi connectivity index (χ1) is 6.53. The van der Waals surface area contributed by atoms with E-state index in [2.05, 4.69) is 11.9 Å². The number of carbonyl (C=O) groups is 2. The first-order valence-corrected chi connectivity index (χ1v) is 4.36. The zero-order valence-electron chi connectivity index (χ0n) is 8.05. The second kappa shape index (κ2) is 3.77. The Morgan fingerprint density at radius 2 is 2.29 bits per heavy atom. The second-order valence-electron chi connectivity index (χ2n) is 3.26. The van der Waals surface area contributed by atoms with Crippen molar-refractivity contribution < 1.29 is 14.0 Å².